The minimum atomic E-state index is -0.368. The summed E-state index contributed by atoms with van der Waals surface area (Å²) in [4.78, 5) is 11.5. The summed E-state index contributed by atoms with van der Waals surface area (Å²) in [7, 11) is 1.68. The molecule has 102 valence electrons. The zero-order chi connectivity index (χ0) is 14.3. The van der Waals surface area contributed by atoms with Crippen LogP contribution in [0.25, 0.3) is 11.1 Å². The van der Waals surface area contributed by atoms with Gasteiger partial charge in [-0.1, -0.05) is 6.07 Å². The fourth-order valence-corrected chi connectivity index (χ4v) is 2.14. The van der Waals surface area contributed by atoms with Gasteiger partial charge in [-0.15, -0.1) is 0 Å². The fourth-order valence-electron chi connectivity index (χ4n) is 2.14. The van der Waals surface area contributed by atoms with Crippen LogP contribution in [0.5, 0.6) is 0 Å². The predicted octanol–water partition coefficient (Wildman–Crippen LogP) is 2.77. The Hall–Kier alpha value is -2.69. The molecule has 0 saturated heterocycles. The monoisotopic (exact) mass is 269 g/mol. The van der Waals surface area contributed by atoms with Crippen LogP contribution < -0.4 is 16.8 Å². The van der Waals surface area contributed by atoms with E-state index in [9.17, 15) is 4.79 Å². The van der Waals surface area contributed by atoms with E-state index in [1.54, 1.807) is 13.1 Å². The van der Waals surface area contributed by atoms with E-state index in [-0.39, 0.29) is 5.76 Å². The number of benzene rings is 2. The summed E-state index contributed by atoms with van der Waals surface area (Å²) in [6.45, 7) is 2.01. The number of nitrogens with one attached hydrogen (secondary N) is 1. The smallest absolute Gasteiger partial charge is 0.408 e. The number of nitrogens with two attached hydrogens (primary N) is 1. The molecule has 0 aliphatic heterocycles. The van der Waals surface area contributed by atoms with Crippen LogP contribution in [-0.4, -0.2) is 4.57 Å². The summed E-state index contributed by atoms with van der Waals surface area (Å²) in [5.41, 5.74) is 10.8. The van der Waals surface area contributed by atoms with E-state index in [1.807, 2.05) is 37.3 Å². The highest BCUT2D eigenvalue weighted by molar-refractivity contribution is 5.81. The van der Waals surface area contributed by atoms with E-state index in [0.29, 0.717) is 11.3 Å². The molecule has 0 radical (unpaired) electrons. The molecule has 0 aliphatic rings. The maximum atomic E-state index is 11.5. The number of nitrogens with zero attached hydrogens (tertiary/aromatic N) is 1. The van der Waals surface area contributed by atoms with Gasteiger partial charge in [-0.2, -0.15) is 0 Å². The maximum absolute atomic E-state index is 11.5. The molecule has 3 N–H and O–H groups in total. The van der Waals surface area contributed by atoms with Crippen LogP contribution in [0, 0.1) is 6.92 Å². The highest BCUT2D eigenvalue weighted by Crippen LogP contribution is 2.26. The molecule has 0 bridgehead atoms. The van der Waals surface area contributed by atoms with Gasteiger partial charge < -0.3 is 15.5 Å². The first-order valence-corrected chi connectivity index (χ1v) is 6.27. The lowest BCUT2D eigenvalue weighted by atomic mass is 10.2. The summed E-state index contributed by atoms with van der Waals surface area (Å²) in [5, 5.41) is 3.26. The van der Waals surface area contributed by atoms with Crippen LogP contribution in [0.1, 0.15) is 5.56 Å². The van der Waals surface area contributed by atoms with Crippen molar-refractivity contribution in [3.8, 4) is 0 Å². The molecule has 1 aromatic heterocycles. The first-order valence-electron chi connectivity index (χ1n) is 6.27. The van der Waals surface area contributed by atoms with Crippen molar-refractivity contribution in [2.75, 3.05) is 11.1 Å². The summed E-state index contributed by atoms with van der Waals surface area (Å²) in [6.07, 6.45) is 0. The number of hydrogen-bond acceptors (Lipinski definition) is 4. The topological polar surface area (TPSA) is 73.2 Å². The molecule has 5 heteroatoms. The number of anilines is 3. The van der Waals surface area contributed by atoms with Crippen LogP contribution in [0.15, 0.2) is 45.6 Å². The number of oxazole rings is 1. The predicted molar refractivity (Wildman–Crippen MR) is 80.3 cm³/mol. The van der Waals surface area contributed by atoms with Crippen molar-refractivity contribution < 1.29 is 4.42 Å². The Bertz CT molecular complexity index is 846. The number of nitrogen functional groups attached to an aromatic ring is 1. The van der Waals surface area contributed by atoms with Crippen molar-refractivity contribution in [2.24, 2.45) is 7.05 Å². The summed E-state index contributed by atoms with van der Waals surface area (Å²) >= 11 is 0. The van der Waals surface area contributed by atoms with Crippen molar-refractivity contribution in [3.63, 3.8) is 0 Å². The van der Waals surface area contributed by atoms with Crippen molar-refractivity contribution in [2.45, 2.75) is 6.92 Å². The molecular formula is C15H15N3O2. The minimum absolute atomic E-state index is 0.368. The number of rotatable bonds is 2. The molecule has 0 amide bonds. The lowest BCUT2D eigenvalue weighted by Crippen LogP contribution is -2.08. The van der Waals surface area contributed by atoms with Crippen LogP contribution in [-0.2, 0) is 7.05 Å². The van der Waals surface area contributed by atoms with E-state index in [0.717, 1.165) is 22.5 Å². The van der Waals surface area contributed by atoms with E-state index in [2.05, 4.69) is 5.32 Å². The van der Waals surface area contributed by atoms with Gasteiger partial charge in [0.05, 0.1) is 16.9 Å². The van der Waals surface area contributed by atoms with E-state index < -0.39 is 0 Å². The molecule has 0 saturated carbocycles. The van der Waals surface area contributed by atoms with Gasteiger partial charge in [0.15, 0.2) is 5.58 Å². The molecule has 0 unspecified atom stereocenters. The Morgan fingerprint density at radius 3 is 2.80 bits per heavy atom. The Morgan fingerprint density at radius 2 is 2.00 bits per heavy atom. The van der Waals surface area contributed by atoms with E-state index in [1.165, 1.54) is 4.57 Å². The van der Waals surface area contributed by atoms with E-state index in [4.69, 9.17) is 10.2 Å². The third-order valence-electron chi connectivity index (χ3n) is 3.28. The molecule has 5 nitrogen and oxygen atoms in total. The quantitative estimate of drug-likeness (QED) is 0.702. The number of fused-ring (bicyclic) bond motifs is 1. The summed E-state index contributed by atoms with van der Waals surface area (Å²) in [6, 6.07) is 11.3. The number of aromatic nitrogens is 1. The average molecular weight is 269 g/mol. The molecule has 20 heavy (non-hydrogen) atoms. The van der Waals surface area contributed by atoms with Gasteiger partial charge >= 0.3 is 5.76 Å². The van der Waals surface area contributed by atoms with Crippen molar-refractivity contribution in [1.82, 2.24) is 4.57 Å². The van der Waals surface area contributed by atoms with Gasteiger partial charge in [-0.05, 0) is 42.8 Å². The van der Waals surface area contributed by atoms with Gasteiger partial charge in [0, 0.05) is 12.7 Å². The maximum Gasteiger partial charge on any atom is 0.419 e. The molecule has 0 fully saturated rings. The first-order chi connectivity index (χ1) is 9.54. The molecule has 0 atom stereocenters. The van der Waals surface area contributed by atoms with E-state index >= 15 is 0 Å². The van der Waals surface area contributed by atoms with Gasteiger partial charge in [0.25, 0.3) is 0 Å². The van der Waals surface area contributed by atoms with Gasteiger partial charge in [0.1, 0.15) is 0 Å². The third kappa shape index (κ3) is 2.03. The number of hydrogen-bond donors (Lipinski definition) is 2. The standard InChI is InChI=1S/C15H15N3O2/c1-9-3-5-11(16)12(7-9)17-10-4-6-14-13(8-10)18(2)15(19)20-14/h3-8,17H,16H2,1-2H3. The highest BCUT2D eigenvalue weighted by atomic mass is 16.4. The lowest BCUT2D eigenvalue weighted by Gasteiger charge is -2.10. The SMILES string of the molecule is Cc1ccc(N)c(Nc2ccc3oc(=O)n(C)c3c2)c1. The van der Waals surface area contributed by atoms with Gasteiger partial charge in [-0.25, -0.2) is 4.79 Å². The molecule has 3 aromatic rings. The average Bonchev–Trinajstić information content (AvgIpc) is 2.70. The Morgan fingerprint density at radius 1 is 1.20 bits per heavy atom. The Kier molecular flexibility index (Phi) is 2.75. The van der Waals surface area contributed by atoms with Gasteiger partial charge in [-0.3, -0.25) is 4.57 Å². The highest BCUT2D eigenvalue weighted by Gasteiger charge is 2.07. The Labute approximate surface area is 115 Å². The fraction of sp³-hybridized carbons (Fsp3) is 0.133. The summed E-state index contributed by atoms with van der Waals surface area (Å²) < 4.78 is 6.57. The minimum Gasteiger partial charge on any atom is -0.408 e. The molecule has 2 aromatic carbocycles. The molecular weight excluding hydrogens is 254 g/mol. The number of aryl methyl sites for hydroxylation is 2. The Balaban J connectivity index is 2.04. The van der Waals surface area contributed by atoms with Crippen LogP contribution >= 0.6 is 0 Å². The second-order valence-corrected chi connectivity index (χ2v) is 4.83. The normalized spacial score (nSPS) is 10.9. The van der Waals surface area contributed by atoms with Gasteiger partial charge in [0.2, 0.25) is 0 Å². The zero-order valence-electron chi connectivity index (χ0n) is 11.3. The van der Waals surface area contributed by atoms with Crippen molar-refractivity contribution in [1.29, 1.82) is 0 Å². The van der Waals surface area contributed by atoms with Crippen molar-refractivity contribution in [3.05, 3.63) is 52.5 Å². The van der Waals surface area contributed by atoms with Crippen molar-refractivity contribution >= 4 is 28.2 Å². The first kappa shape index (κ1) is 12.3. The third-order valence-corrected chi connectivity index (χ3v) is 3.28. The molecule has 1 heterocycles. The molecule has 0 aliphatic carbocycles. The molecule has 0 spiro atoms. The largest absolute Gasteiger partial charge is 0.419 e. The lowest BCUT2D eigenvalue weighted by molar-refractivity contribution is 0.528. The van der Waals surface area contributed by atoms with Crippen LogP contribution in [0.3, 0.4) is 0 Å². The second-order valence-electron chi connectivity index (χ2n) is 4.83. The second kappa shape index (κ2) is 4.45. The van der Waals surface area contributed by atoms with Crippen LogP contribution in [0.4, 0.5) is 17.1 Å². The summed E-state index contributed by atoms with van der Waals surface area (Å²) in [5.74, 6) is -0.368. The molecule has 3 rings (SSSR count). The zero-order valence-corrected chi connectivity index (χ0v) is 11.3. The van der Waals surface area contributed by atoms with Crippen LogP contribution in [0.2, 0.25) is 0 Å².